The summed E-state index contributed by atoms with van der Waals surface area (Å²) in [4.78, 5) is 15.0. The zero-order valence-corrected chi connectivity index (χ0v) is 15.7. The van der Waals surface area contributed by atoms with Gasteiger partial charge < -0.3 is 0 Å². The molecule has 1 aliphatic carbocycles. The lowest BCUT2D eigenvalue weighted by Crippen LogP contribution is -3.01. The highest BCUT2D eigenvalue weighted by Crippen LogP contribution is 2.51. The zero-order valence-electron chi connectivity index (χ0n) is 15.7. The highest BCUT2D eigenvalue weighted by Gasteiger charge is 2.61. The quantitative estimate of drug-likeness (QED) is 0.851. The van der Waals surface area contributed by atoms with Gasteiger partial charge in [-0.25, -0.2) is 4.79 Å². The zero-order chi connectivity index (χ0) is 17.8. The Morgan fingerprint density at radius 3 is 2.00 bits per heavy atom. The highest BCUT2D eigenvalue weighted by atomic mass is 16.2. The van der Waals surface area contributed by atoms with E-state index in [0.717, 1.165) is 24.3 Å². The number of hydrogen-bond acceptors (Lipinski definition) is 1. The summed E-state index contributed by atoms with van der Waals surface area (Å²) >= 11 is 0. The summed E-state index contributed by atoms with van der Waals surface area (Å²) in [5.74, 6) is 0.381. The van der Waals surface area contributed by atoms with Crippen molar-refractivity contribution >= 4 is 5.91 Å². The van der Waals surface area contributed by atoms with E-state index in [1.807, 2.05) is 0 Å². The van der Waals surface area contributed by atoms with Crippen molar-refractivity contribution in [2.75, 3.05) is 6.54 Å². The molecule has 1 aliphatic heterocycles. The molecule has 4 rings (SSSR count). The number of hydrogen-bond donors (Lipinski definition) is 1. The van der Waals surface area contributed by atoms with Gasteiger partial charge in [-0.05, 0) is 28.7 Å². The van der Waals surface area contributed by atoms with Crippen molar-refractivity contribution in [2.24, 2.45) is 5.41 Å². The molecule has 2 aromatic carbocycles. The number of carbonyl (C=O) groups is 1. The van der Waals surface area contributed by atoms with E-state index in [9.17, 15) is 4.79 Å². The molecule has 1 fully saturated rings. The van der Waals surface area contributed by atoms with Gasteiger partial charge in [0.25, 0.3) is 0 Å². The summed E-state index contributed by atoms with van der Waals surface area (Å²) in [6.45, 7) is 9.92. The molecule has 2 unspecified atom stereocenters. The van der Waals surface area contributed by atoms with Crippen LogP contribution in [-0.4, -0.2) is 18.5 Å². The second kappa shape index (κ2) is 5.54. The number of benzene rings is 2. The molecule has 130 valence electrons. The minimum Gasteiger partial charge on any atom is -0.258 e. The van der Waals surface area contributed by atoms with Crippen molar-refractivity contribution in [1.82, 2.24) is 0 Å². The van der Waals surface area contributed by atoms with Gasteiger partial charge in [-0.15, -0.1) is 0 Å². The molecule has 0 saturated carbocycles. The number of fused-ring (bicyclic) bond motifs is 3. The van der Waals surface area contributed by atoms with Crippen LogP contribution in [0, 0.1) is 5.41 Å². The molecule has 2 atom stereocenters. The number of rotatable bonds is 3. The summed E-state index contributed by atoms with van der Waals surface area (Å²) in [6, 6.07) is 17.5. The molecule has 2 heteroatoms. The van der Waals surface area contributed by atoms with Crippen LogP contribution >= 0.6 is 0 Å². The van der Waals surface area contributed by atoms with E-state index >= 15 is 0 Å². The van der Waals surface area contributed by atoms with Crippen LogP contribution in [0.15, 0.2) is 48.5 Å². The Balaban J connectivity index is 1.88. The first-order chi connectivity index (χ1) is 11.9. The number of amides is 1. The van der Waals surface area contributed by atoms with Crippen LogP contribution in [0.25, 0.3) is 11.1 Å². The lowest BCUT2D eigenvalue weighted by atomic mass is 9.73. The predicted octanol–water partition coefficient (Wildman–Crippen LogP) is 3.59. The molecule has 2 aliphatic rings. The van der Waals surface area contributed by atoms with E-state index in [1.54, 1.807) is 0 Å². The number of carbonyl (C=O) groups excluding carboxylic acids is 1. The Labute approximate surface area is 150 Å². The first kappa shape index (κ1) is 16.5. The second-order valence-corrected chi connectivity index (χ2v) is 8.72. The fraction of sp³-hybridized carbons (Fsp3) is 0.435. The molecule has 1 N–H and O–H groups in total. The molecule has 0 radical (unpaired) electrons. The van der Waals surface area contributed by atoms with Crippen LogP contribution in [0.1, 0.15) is 51.7 Å². The second-order valence-electron chi connectivity index (χ2n) is 8.72. The molecule has 25 heavy (non-hydrogen) atoms. The molecular weight excluding hydrogens is 306 g/mol. The summed E-state index contributed by atoms with van der Waals surface area (Å²) in [7, 11) is 0. The average Bonchev–Trinajstić information content (AvgIpc) is 3.36. The normalized spacial score (nSPS) is 23.0. The van der Waals surface area contributed by atoms with Crippen molar-refractivity contribution in [3.8, 4) is 11.1 Å². The van der Waals surface area contributed by atoms with E-state index in [2.05, 4.69) is 76.2 Å². The maximum absolute atomic E-state index is 13.9. The SMILES string of the molecule is CCCC1(C(=O)[NH+]2CC2C(C)(C)C)c2ccccc2-c2ccccc21. The molecule has 2 nitrogen and oxygen atoms in total. The highest BCUT2D eigenvalue weighted by molar-refractivity contribution is 5.97. The summed E-state index contributed by atoms with van der Waals surface area (Å²) in [5.41, 5.74) is 4.62. The molecule has 1 amide bonds. The van der Waals surface area contributed by atoms with Crippen molar-refractivity contribution in [3.05, 3.63) is 59.7 Å². The van der Waals surface area contributed by atoms with Gasteiger partial charge in [-0.1, -0.05) is 82.6 Å². The molecule has 1 saturated heterocycles. The first-order valence-electron chi connectivity index (χ1n) is 9.51. The largest absolute Gasteiger partial charge is 0.327 e. The van der Waals surface area contributed by atoms with E-state index in [-0.39, 0.29) is 5.41 Å². The van der Waals surface area contributed by atoms with E-state index in [0.29, 0.717) is 11.9 Å². The lowest BCUT2D eigenvalue weighted by Gasteiger charge is -2.28. The minimum absolute atomic E-state index is 0.177. The number of quaternary nitrogens is 1. The topological polar surface area (TPSA) is 21.5 Å². The Morgan fingerprint density at radius 1 is 1.04 bits per heavy atom. The van der Waals surface area contributed by atoms with Gasteiger partial charge in [-0.2, -0.15) is 0 Å². The van der Waals surface area contributed by atoms with Crippen LogP contribution in [0.5, 0.6) is 0 Å². The first-order valence-corrected chi connectivity index (χ1v) is 9.51. The molecule has 2 aromatic rings. The Hall–Kier alpha value is -1.93. The van der Waals surface area contributed by atoms with Crippen molar-refractivity contribution < 1.29 is 9.69 Å². The van der Waals surface area contributed by atoms with E-state index in [1.165, 1.54) is 22.3 Å². The summed E-state index contributed by atoms with van der Waals surface area (Å²) in [6.07, 6.45) is 1.89. The maximum atomic E-state index is 13.9. The molecule has 0 aromatic heterocycles. The predicted molar refractivity (Wildman–Crippen MR) is 102 cm³/mol. The minimum atomic E-state index is -0.475. The van der Waals surface area contributed by atoms with Gasteiger partial charge in [0.1, 0.15) is 18.0 Å². The van der Waals surface area contributed by atoms with Crippen molar-refractivity contribution in [2.45, 2.75) is 52.0 Å². The molecular formula is C23H28NO+. The van der Waals surface area contributed by atoms with Crippen LogP contribution in [-0.2, 0) is 10.2 Å². The molecule has 1 heterocycles. The van der Waals surface area contributed by atoms with Gasteiger partial charge in [-0.3, -0.25) is 4.90 Å². The van der Waals surface area contributed by atoms with Crippen LogP contribution < -0.4 is 4.90 Å². The third kappa shape index (κ3) is 2.31. The smallest absolute Gasteiger partial charge is 0.258 e. The Kier molecular flexibility index (Phi) is 3.66. The summed E-state index contributed by atoms with van der Waals surface area (Å²) in [5, 5.41) is 0. The fourth-order valence-corrected chi connectivity index (χ4v) is 4.84. The van der Waals surface area contributed by atoms with Gasteiger partial charge in [0, 0.05) is 5.41 Å². The van der Waals surface area contributed by atoms with Gasteiger partial charge in [0.05, 0.1) is 0 Å². The lowest BCUT2D eigenvalue weighted by molar-refractivity contribution is -0.696. The third-order valence-electron chi connectivity index (χ3n) is 6.10. The molecule has 0 spiro atoms. The van der Waals surface area contributed by atoms with Crippen LogP contribution in [0.3, 0.4) is 0 Å². The van der Waals surface area contributed by atoms with Crippen molar-refractivity contribution in [1.29, 1.82) is 0 Å². The monoisotopic (exact) mass is 334 g/mol. The standard InChI is InChI=1S/C23H27NO/c1-5-14-23(21(25)24-15-20(24)22(2,3)4)18-12-8-6-10-16(18)17-11-7-9-13-19(17)23/h6-13,20H,5,14-15H2,1-4H3/p+1. The fourth-order valence-electron chi connectivity index (χ4n) is 4.84. The summed E-state index contributed by atoms with van der Waals surface area (Å²) < 4.78 is 0. The van der Waals surface area contributed by atoms with Gasteiger partial charge >= 0.3 is 5.91 Å². The number of nitrogens with one attached hydrogen (secondary N) is 1. The average molecular weight is 334 g/mol. The van der Waals surface area contributed by atoms with E-state index in [4.69, 9.17) is 0 Å². The van der Waals surface area contributed by atoms with Gasteiger partial charge in [0.2, 0.25) is 0 Å². The van der Waals surface area contributed by atoms with Gasteiger partial charge in [0.15, 0.2) is 0 Å². The van der Waals surface area contributed by atoms with Crippen LogP contribution in [0.2, 0.25) is 0 Å². The Bertz CT molecular complexity index is 784. The molecule has 0 bridgehead atoms. The third-order valence-corrected chi connectivity index (χ3v) is 6.10. The van der Waals surface area contributed by atoms with Crippen molar-refractivity contribution in [3.63, 3.8) is 0 Å². The maximum Gasteiger partial charge on any atom is 0.327 e. The van der Waals surface area contributed by atoms with E-state index < -0.39 is 5.41 Å². The van der Waals surface area contributed by atoms with Crippen LogP contribution in [0.4, 0.5) is 0 Å². The Morgan fingerprint density at radius 2 is 1.56 bits per heavy atom.